The molecule has 0 saturated heterocycles. The van der Waals surface area contributed by atoms with Crippen molar-refractivity contribution in [2.45, 2.75) is 20.8 Å². The van der Waals surface area contributed by atoms with Crippen LogP contribution in [0, 0.1) is 5.92 Å². The van der Waals surface area contributed by atoms with Gasteiger partial charge in [-0.2, -0.15) is 0 Å². The van der Waals surface area contributed by atoms with Crippen LogP contribution in [0.3, 0.4) is 0 Å². The fourth-order valence-electron chi connectivity index (χ4n) is 0. The summed E-state index contributed by atoms with van der Waals surface area (Å²) < 4.78 is 6.78. The second-order valence-electron chi connectivity index (χ2n) is 1.90. The Morgan fingerprint density at radius 3 is 2.33 bits per heavy atom. The summed E-state index contributed by atoms with van der Waals surface area (Å²) in [6.45, 7) is 7.54. The highest BCUT2D eigenvalue weighted by molar-refractivity contribution is 4.90. The first-order valence-electron chi connectivity index (χ1n) is 2.81. The summed E-state index contributed by atoms with van der Waals surface area (Å²) in [7, 11) is 0. The Balaban J connectivity index is 3.56. The molecule has 0 fully saturated rings. The molecule has 0 radical (unpaired) electrons. The highest BCUT2D eigenvalue weighted by Gasteiger charge is 1.87. The lowest BCUT2D eigenvalue weighted by molar-refractivity contribution is 0.773. The zero-order valence-corrected chi connectivity index (χ0v) is 4.65. The molecule has 6 heavy (non-hydrogen) atoms. The topological polar surface area (TPSA) is 0 Å². The van der Waals surface area contributed by atoms with Crippen molar-refractivity contribution in [1.82, 2.24) is 0 Å². The van der Waals surface area contributed by atoms with Crippen LogP contribution in [0.5, 0.6) is 0 Å². The van der Waals surface area contributed by atoms with Crippen LogP contribution >= 0.6 is 0 Å². The van der Waals surface area contributed by atoms with Crippen molar-refractivity contribution in [3.05, 3.63) is 12.1 Å². The van der Waals surface area contributed by atoms with E-state index in [-0.39, 0.29) is 0 Å². The van der Waals surface area contributed by atoms with Gasteiger partial charge in [-0.25, -0.2) is 0 Å². The van der Waals surface area contributed by atoms with E-state index < -0.39 is 0 Å². The van der Waals surface area contributed by atoms with Crippen molar-refractivity contribution in [3.8, 4) is 0 Å². The quantitative estimate of drug-likeness (QED) is 0.429. The fraction of sp³-hybridized carbons (Fsp3) is 0.667. The van der Waals surface area contributed by atoms with E-state index in [0.29, 0.717) is 5.92 Å². The van der Waals surface area contributed by atoms with Crippen LogP contribution in [0.25, 0.3) is 0 Å². The number of allylic oxidation sites excluding steroid dienone is 1. The van der Waals surface area contributed by atoms with Gasteiger partial charge in [0, 0.05) is 0 Å². The van der Waals surface area contributed by atoms with Crippen LogP contribution in [0.15, 0.2) is 12.1 Å². The Morgan fingerprint density at radius 2 is 2.33 bits per heavy atom. The van der Waals surface area contributed by atoms with Crippen molar-refractivity contribution in [2.75, 3.05) is 0 Å². The second-order valence-corrected chi connectivity index (χ2v) is 1.90. The predicted octanol–water partition coefficient (Wildman–Crippen LogP) is 2.22. The van der Waals surface area contributed by atoms with Crippen LogP contribution in [-0.2, 0) is 0 Å². The fourth-order valence-corrected chi connectivity index (χ4v) is 0. The van der Waals surface area contributed by atoms with E-state index in [2.05, 4.69) is 13.8 Å². The van der Waals surface area contributed by atoms with Crippen LogP contribution < -0.4 is 0 Å². The highest BCUT2D eigenvalue weighted by atomic mass is 13.9. The molecule has 0 nitrogen and oxygen atoms in total. The molecule has 0 atom stereocenters. The van der Waals surface area contributed by atoms with Gasteiger partial charge in [-0.05, 0) is 12.8 Å². The molecule has 0 heterocycles. The lowest BCUT2D eigenvalue weighted by Gasteiger charge is -1.97. The molecule has 0 amide bonds. The Morgan fingerprint density at radius 1 is 1.83 bits per heavy atom. The van der Waals surface area contributed by atoms with Gasteiger partial charge in [0.1, 0.15) is 0 Å². The Bertz CT molecular complexity index is 72.2. The summed E-state index contributed by atoms with van der Waals surface area (Å²) in [6.07, 6.45) is 0. The number of hydrogen-bond donors (Lipinski definition) is 0. The summed E-state index contributed by atoms with van der Waals surface area (Å²) in [5, 5.41) is 0. The van der Waals surface area contributed by atoms with Gasteiger partial charge in [-0.3, -0.25) is 0 Å². The summed E-state index contributed by atoms with van der Waals surface area (Å²) in [6, 6.07) is 0. The van der Waals surface area contributed by atoms with Gasteiger partial charge in [0.15, 0.2) is 0 Å². The van der Waals surface area contributed by atoms with E-state index in [0.717, 1.165) is 5.57 Å². The summed E-state index contributed by atoms with van der Waals surface area (Å²) in [5.41, 5.74) is 1.14. The zero-order valence-electron chi connectivity index (χ0n) is 5.65. The van der Waals surface area contributed by atoms with Gasteiger partial charge in [-0.1, -0.05) is 26.0 Å². The van der Waals surface area contributed by atoms with E-state index in [4.69, 9.17) is 1.37 Å². The molecule has 36 valence electrons. The van der Waals surface area contributed by atoms with Crippen molar-refractivity contribution in [1.29, 1.82) is 0 Å². The molecule has 0 unspecified atom stereocenters. The van der Waals surface area contributed by atoms with Gasteiger partial charge in [-0.15, -0.1) is 0 Å². The third kappa shape index (κ3) is 2.01. The van der Waals surface area contributed by atoms with Gasteiger partial charge < -0.3 is 0 Å². The maximum atomic E-state index is 6.78. The molecule has 0 saturated carbocycles. The average molecular weight is 86.2 g/mol. The molecule has 0 aliphatic heterocycles. The van der Waals surface area contributed by atoms with Gasteiger partial charge in [0.25, 0.3) is 0 Å². The summed E-state index contributed by atoms with van der Waals surface area (Å²) in [5.74, 6) is 0.539. The molecular formula is C6H12. The van der Waals surface area contributed by atoms with Crippen LogP contribution in [0.4, 0.5) is 0 Å². The first-order chi connectivity index (χ1) is 3.18. The summed E-state index contributed by atoms with van der Waals surface area (Å²) in [4.78, 5) is 0. The van der Waals surface area contributed by atoms with Crippen molar-refractivity contribution < 1.29 is 1.37 Å². The maximum absolute atomic E-state index is 6.78. The molecule has 0 heteroatoms. The standard InChI is InChI=1S/C6H12/c1-5(2)6(3)4/h6H,1H2,2-4H3/i1T. The van der Waals surface area contributed by atoms with Crippen LogP contribution in [0.2, 0.25) is 0 Å². The zero-order chi connectivity index (χ0) is 5.86. The van der Waals surface area contributed by atoms with Gasteiger partial charge >= 0.3 is 0 Å². The molecule has 0 aromatic carbocycles. The van der Waals surface area contributed by atoms with Crippen molar-refractivity contribution in [2.24, 2.45) is 5.92 Å². The van der Waals surface area contributed by atoms with E-state index >= 15 is 0 Å². The molecular weight excluding hydrogens is 72.1 g/mol. The molecule has 0 rings (SSSR count). The maximum Gasteiger partial charge on any atom is 0.0537 e. The smallest absolute Gasteiger partial charge is 0.0537 e. The average Bonchev–Trinajstić information content (AvgIpc) is 1.65. The first-order valence-corrected chi connectivity index (χ1v) is 2.23. The van der Waals surface area contributed by atoms with Crippen molar-refractivity contribution in [3.63, 3.8) is 0 Å². The third-order valence-electron chi connectivity index (χ3n) is 0.911. The second kappa shape index (κ2) is 2.01. The van der Waals surface area contributed by atoms with Gasteiger partial charge in [0.2, 0.25) is 0 Å². The lowest BCUT2D eigenvalue weighted by Crippen LogP contribution is -1.83. The molecule has 0 bridgehead atoms. The Labute approximate surface area is 41.3 Å². The Kier molecular flexibility index (Phi) is 1.31. The minimum Gasteiger partial charge on any atom is -0.0999 e. The molecule has 0 spiro atoms. The highest BCUT2D eigenvalue weighted by Crippen LogP contribution is 2.02. The molecule has 0 aromatic heterocycles. The predicted molar refractivity (Wildman–Crippen MR) is 29.7 cm³/mol. The van der Waals surface area contributed by atoms with E-state index in [1.165, 1.54) is 6.55 Å². The monoisotopic (exact) mass is 86.1 g/mol. The van der Waals surface area contributed by atoms with Crippen molar-refractivity contribution >= 4 is 0 Å². The minimum atomic E-state index is 0.539. The molecule has 0 aliphatic carbocycles. The molecule has 0 aliphatic rings. The molecule has 0 aromatic rings. The summed E-state index contributed by atoms with van der Waals surface area (Å²) >= 11 is 0. The Hall–Kier alpha value is -0.260. The third-order valence-corrected chi connectivity index (χ3v) is 0.911. The first kappa shape index (κ1) is 3.91. The van der Waals surface area contributed by atoms with E-state index in [9.17, 15) is 0 Å². The van der Waals surface area contributed by atoms with Crippen LogP contribution in [0.1, 0.15) is 22.1 Å². The largest absolute Gasteiger partial charge is 0.0999 e. The van der Waals surface area contributed by atoms with E-state index in [1.807, 2.05) is 6.92 Å². The SMILES string of the molecule is [3H]C=C(C)C(C)C. The minimum absolute atomic E-state index is 0.539. The van der Waals surface area contributed by atoms with Gasteiger partial charge in [0.05, 0.1) is 1.37 Å². The normalized spacial score (nSPS) is 15.3. The van der Waals surface area contributed by atoms with Crippen LogP contribution in [-0.4, -0.2) is 0 Å². The van der Waals surface area contributed by atoms with E-state index in [1.54, 1.807) is 0 Å². The number of hydrogen-bond acceptors (Lipinski definition) is 0. The number of rotatable bonds is 1. The lowest BCUT2D eigenvalue weighted by atomic mass is 10.1. The molecule has 0 N–H and O–H groups in total.